The second-order valence-corrected chi connectivity index (χ2v) is 4.58. The van der Waals surface area contributed by atoms with E-state index in [-0.39, 0.29) is 11.4 Å². The smallest absolute Gasteiger partial charge is 0.237 e. The number of carbonyl (C=O) groups excluding carboxylic acids is 1. The summed E-state index contributed by atoms with van der Waals surface area (Å²) in [5.41, 5.74) is -0.0169. The monoisotopic (exact) mass is 184 g/mol. The van der Waals surface area contributed by atoms with Crippen molar-refractivity contribution in [2.24, 2.45) is 0 Å². The standard InChI is InChI=1S/C10H20N2O/c1-5-11-6-7-12(9(13)8-11)10(2,3)4/h5-8H2,1-4H3. The van der Waals surface area contributed by atoms with Gasteiger partial charge in [0, 0.05) is 18.6 Å². The van der Waals surface area contributed by atoms with Gasteiger partial charge < -0.3 is 4.90 Å². The molecule has 0 unspecified atom stereocenters. The van der Waals surface area contributed by atoms with Gasteiger partial charge in [0.2, 0.25) is 5.91 Å². The van der Waals surface area contributed by atoms with Gasteiger partial charge in [-0.1, -0.05) is 6.92 Å². The lowest BCUT2D eigenvalue weighted by atomic mass is 10.0. The number of likely N-dealkylation sites (N-methyl/N-ethyl adjacent to an activating group) is 1. The van der Waals surface area contributed by atoms with Crippen molar-refractivity contribution in [1.82, 2.24) is 9.80 Å². The van der Waals surface area contributed by atoms with Gasteiger partial charge in [0.25, 0.3) is 0 Å². The number of rotatable bonds is 1. The third kappa shape index (κ3) is 2.44. The van der Waals surface area contributed by atoms with E-state index >= 15 is 0 Å². The third-order valence-electron chi connectivity index (χ3n) is 2.56. The Balaban J connectivity index is 2.59. The first kappa shape index (κ1) is 10.5. The summed E-state index contributed by atoms with van der Waals surface area (Å²) in [6, 6.07) is 0. The predicted octanol–water partition coefficient (Wildman–Crippen LogP) is 0.949. The first-order valence-corrected chi connectivity index (χ1v) is 4.98. The minimum absolute atomic E-state index is 0.0169. The number of hydrogen-bond donors (Lipinski definition) is 0. The highest BCUT2D eigenvalue weighted by Crippen LogP contribution is 2.16. The van der Waals surface area contributed by atoms with E-state index in [2.05, 4.69) is 32.6 Å². The van der Waals surface area contributed by atoms with Crippen molar-refractivity contribution < 1.29 is 4.79 Å². The van der Waals surface area contributed by atoms with E-state index in [4.69, 9.17) is 0 Å². The molecule has 0 spiro atoms. The van der Waals surface area contributed by atoms with Crippen molar-refractivity contribution in [3.8, 4) is 0 Å². The maximum atomic E-state index is 11.7. The van der Waals surface area contributed by atoms with Gasteiger partial charge in [0.15, 0.2) is 0 Å². The number of amides is 1. The summed E-state index contributed by atoms with van der Waals surface area (Å²) in [5.74, 6) is 0.264. The molecule has 0 aliphatic carbocycles. The second-order valence-electron chi connectivity index (χ2n) is 4.58. The van der Waals surface area contributed by atoms with Gasteiger partial charge in [-0.05, 0) is 27.3 Å². The van der Waals surface area contributed by atoms with Crippen molar-refractivity contribution in [2.75, 3.05) is 26.2 Å². The maximum Gasteiger partial charge on any atom is 0.237 e. The zero-order valence-electron chi connectivity index (χ0n) is 9.13. The second kappa shape index (κ2) is 3.66. The first-order valence-electron chi connectivity index (χ1n) is 4.98. The van der Waals surface area contributed by atoms with E-state index in [9.17, 15) is 4.79 Å². The van der Waals surface area contributed by atoms with Crippen LogP contribution in [0.15, 0.2) is 0 Å². The van der Waals surface area contributed by atoms with E-state index in [0.29, 0.717) is 6.54 Å². The molecule has 1 aliphatic rings. The number of piperazine rings is 1. The lowest BCUT2D eigenvalue weighted by molar-refractivity contribution is -0.141. The van der Waals surface area contributed by atoms with E-state index in [0.717, 1.165) is 19.6 Å². The largest absolute Gasteiger partial charge is 0.335 e. The molecule has 0 bridgehead atoms. The van der Waals surface area contributed by atoms with Crippen LogP contribution in [0.3, 0.4) is 0 Å². The Morgan fingerprint density at radius 3 is 2.31 bits per heavy atom. The quantitative estimate of drug-likeness (QED) is 0.606. The average molecular weight is 184 g/mol. The zero-order valence-corrected chi connectivity index (χ0v) is 9.13. The van der Waals surface area contributed by atoms with Gasteiger partial charge in [-0.15, -0.1) is 0 Å². The molecular formula is C10H20N2O. The molecule has 13 heavy (non-hydrogen) atoms. The van der Waals surface area contributed by atoms with E-state index in [1.54, 1.807) is 0 Å². The van der Waals surface area contributed by atoms with Crippen LogP contribution in [-0.4, -0.2) is 47.4 Å². The van der Waals surface area contributed by atoms with Crippen LogP contribution < -0.4 is 0 Å². The summed E-state index contributed by atoms with van der Waals surface area (Å²) in [6.45, 7) is 11.8. The fourth-order valence-corrected chi connectivity index (χ4v) is 1.70. The molecule has 0 aromatic carbocycles. The molecular weight excluding hydrogens is 164 g/mol. The molecule has 0 aromatic rings. The summed E-state index contributed by atoms with van der Waals surface area (Å²) in [7, 11) is 0. The minimum atomic E-state index is -0.0169. The van der Waals surface area contributed by atoms with E-state index < -0.39 is 0 Å². The Morgan fingerprint density at radius 1 is 1.31 bits per heavy atom. The molecule has 0 saturated carbocycles. The molecule has 0 aromatic heterocycles. The summed E-state index contributed by atoms with van der Waals surface area (Å²) in [5, 5.41) is 0. The highest BCUT2D eigenvalue weighted by Gasteiger charge is 2.30. The first-order chi connectivity index (χ1) is 5.95. The molecule has 1 amide bonds. The van der Waals surface area contributed by atoms with Crippen LogP contribution in [0.25, 0.3) is 0 Å². The van der Waals surface area contributed by atoms with Gasteiger partial charge in [0.1, 0.15) is 0 Å². The zero-order chi connectivity index (χ0) is 10.1. The van der Waals surface area contributed by atoms with Crippen LogP contribution in [-0.2, 0) is 4.79 Å². The van der Waals surface area contributed by atoms with Crippen LogP contribution in [0.1, 0.15) is 27.7 Å². The predicted molar refractivity (Wildman–Crippen MR) is 53.6 cm³/mol. The SMILES string of the molecule is CCN1CCN(C(C)(C)C)C(=O)C1. The lowest BCUT2D eigenvalue weighted by Crippen LogP contribution is -2.56. The summed E-state index contributed by atoms with van der Waals surface area (Å²) in [4.78, 5) is 15.9. The van der Waals surface area contributed by atoms with Crippen LogP contribution in [0.5, 0.6) is 0 Å². The van der Waals surface area contributed by atoms with Gasteiger partial charge in [0.05, 0.1) is 6.54 Å². The molecule has 1 saturated heterocycles. The Hall–Kier alpha value is -0.570. The molecule has 1 heterocycles. The number of hydrogen-bond acceptors (Lipinski definition) is 2. The number of carbonyl (C=O) groups is 1. The minimum Gasteiger partial charge on any atom is -0.335 e. The van der Waals surface area contributed by atoms with Crippen LogP contribution in [0.4, 0.5) is 0 Å². The molecule has 0 radical (unpaired) electrons. The highest BCUT2D eigenvalue weighted by molar-refractivity contribution is 5.79. The lowest BCUT2D eigenvalue weighted by Gasteiger charge is -2.41. The highest BCUT2D eigenvalue weighted by atomic mass is 16.2. The fourth-order valence-electron chi connectivity index (χ4n) is 1.70. The van der Waals surface area contributed by atoms with E-state index in [1.807, 2.05) is 4.90 Å². The van der Waals surface area contributed by atoms with Crippen molar-refractivity contribution >= 4 is 5.91 Å². The van der Waals surface area contributed by atoms with Gasteiger partial charge in [-0.25, -0.2) is 0 Å². The fraction of sp³-hybridized carbons (Fsp3) is 0.900. The maximum absolute atomic E-state index is 11.7. The van der Waals surface area contributed by atoms with Crippen molar-refractivity contribution in [1.29, 1.82) is 0 Å². The summed E-state index contributed by atoms with van der Waals surface area (Å²) in [6.07, 6.45) is 0. The molecule has 1 fully saturated rings. The van der Waals surface area contributed by atoms with Crippen LogP contribution in [0, 0.1) is 0 Å². The van der Waals surface area contributed by atoms with E-state index in [1.165, 1.54) is 0 Å². The Morgan fingerprint density at radius 2 is 1.92 bits per heavy atom. The normalized spacial score (nSPS) is 20.9. The summed E-state index contributed by atoms with van der Waals surface area (Å²) < 4.78 is 0. The van der Waals surface area contributed by atoms with Crippen LogP contribution in [0.2, 0.25) is 0 Å². The topological polar surface area (TPSA) is 23.6 Å². The molecule has 1 aliphatic heterocycles. The van der Waals surface area contributed by atoms with Crippen molar-refractivity contribution in [2.45, 2.75) is 33.2 Å². The Bertz CT molecular complexity index is 196. The third-order valence-corrected chi connectivity index (χ3v) is 2.56. The van der Waals surface area contributed by atoms with Gasteiger partial charge in [-0.3, -0.25) is 9.69 Å². The average Bonchev–Trinajstić information content (AvgIpc) is 2.01. The molecule has 0 N–H and O–H groups in total. The Labute approximate surface area is 80.7 Å². The van der Waals surface area contributed by atoms with Crippen molar-refractivity contribution in [3.63, 3.8) is 0 Å². The molecule has 3 heteroatoms. The Kier molecular flexibility index (Phi) is 2.96. The van der Waals surface area contributed by atoms with Gasteiger partial charge in [-0.2, -0.15) is 0 Å². The summed E-state index contributed by atoms with van der Waals surface area (Å²) >= 11 is 0. The van der Waals surface area contributed by atoms with Gasteiger partial charge >= 0.3 is 0 Å². The molecule has 3 nitrogen and oxygen atoms in total. The van der Waals surface area contributed by atoms with Crippen LogP contribution >= 0.6 is 0 Å². The number of nitrogens with zero attached hydrogens (tertiary/aromatic N) is 2. The molecule has 1 rings (SSSR count). The molecule has 0 atom stereocenters. The molecule has 76 valence electrons. The van der Waals surface area contributed by atoms with Crippen molar-refractivity contribution in [3.05, 3.63) is 0 Å².